The van der Waals surface area contributed by atoms with E-state index in [9.17, 15) is 9.59 Å². The van der Waals surface area contributed by atoms with Gasteiger partial charge in [-0.25, -0.2) is 0 Å². The highest BCUT2D eigenvalue weighted by atomic mass is 16.6. The Bertz CT molecular complexity index is 1200. The van der Waals surface area contributed by atoms with Gasteiger partial charge in [0.1, 0.15) is 36.9 Å². The third-order valence-corrected chi connectivity index (χ3v) is 6.32. The molecule has 3 rings (SSSR count). The molecule has 200 valence electrons. The number of benzene rings is 3. The number of carbonyl (C=O) groups excluding carboxylic acids is 2. The molecule has 2 unspecified atom stereocenters. The van der Waals surface area contributed by atoms with Crippen molar-refractivity contribution in [1.29, 1.82) is 0 Å². The van der Waals surface area contributed by atoms with Crippen molar-refractivity contribution >= 4 is 33.5 Å². The van der Waals surface area contributed by atoms with Crippen LogP contribution in [0.25, 0.3) is 21.5 Å². The Morgan fingerprint density at radius 2 is 1.14 bits per heavy atom. The highest BCUT2D eigenvalue weighted by Crippen LogP contribution is 2.43. The zero-order chi connectivity index (χ0) is 26.8. The van der Waals surface area contributed by atoms with E-state index in [1.54, 1.807) is 0 Å². The van der Waals surface area contributed by atoms with Gasteiger partial charge >= 0.3 is 11.9 Å². The van der Waals surface area contributed by atoms with Crippen LogP contribution in [-0.2, 0) is 19.1 Å². The number of aryl methyl sites for hydroxylation is 1. The first-order chi connectivity index (χ1) is 17.9. The predicted molar refractivity (Wildman–Crippen MR) is 147 cm³/mol. The van der Waals surface area contributed by atoms with E-state index in [0.29, 0.717) is 25.7 Å². The smallest absolute Gasteiger partial charge is 0.306 e. The molecule has 0 heterocycles. The quantitative estimate of drug-likeness (QED) is 0.168. The van der Waals surface area contributed by atoms with Crippen LogP contribution in [-0.4, -0.2) is 37.4 Å². The molecule has 0 amide bonds. The molecule has 0 aliphatic rings. The summed E-state index contributed by atoms with van der Waals surface area (Å²) in [4.78, 5) is 24.1. The summed E-state index contributed by atoms with van der Waals surface area (Å²) < 4.78 is 24.0. The van der Waals surface area contributed by atoms with Crippen LogP contribution in [0.4, 0.5) is 0 Å². The first kappa shape index (κ1) is 28.3. The predicted octanol–water partition coefficient (Wildman–Crippen LogP) is 7.30. The zero-order valence-electron chi connectivity index (χ0n) is 22.8. The van der Waals surface area contributed by atoms with Crippen LogP contribution in [0.1, 0.15) is 71.8 Å². The second-order valence-electron chi connectivity index (χ2n) is 9.42. The van der Waals surface area contributed by atoms with Gasteiger partial charge in [-0.2, -0.15) is 0 Å². The third kappa shape index (κ3) is 7.37. The van der Waals surface area contributed by atoms with Gasteiger partial charge in [0.25, 0.3) is 0 Å². The Morgan fingerprint density at radius 1 is 0.676 bits per heavy atom. The molecule has 37 heavy (non-hydrogen) atoms. The van der Waals surface area contributed by atoms with Gasteiger partial charge in [0, 0.05) is 34.4 Å². The molecule has 0 aliphatic carbocycles. The SMILES string of the molecule is CCCC(=O)OC(CC)COc1c2ccccc2c(OCC(CC)OC(=O)CCC)c2cc(C)ccc12. The summed E-state index contributed by atoms with van der Waals surface area (Å²) in [5.41, 5.74) is 1.10. The van der Waals surface area contributed by atoms with Gasteiger partial charge in [-0.1, -0.05) is 69.7 Å². The molecule has 0 saturated heterocycles. The second-order valence-corrected chi connectivity index (χ2v) is 9.42. The van der Waals surface area contributed by atoms with E-state index >= 15 is 0 Å². The number of ether oxygens (including phenoxy) is 4. The lowest BCUT2D eigenvalue weighted by molar-refractivity contribution is -0.151. The number of carbonyl (C=O) groups is 2. The van der Waals surface area contributed by atoms with Gasteiger partial charge in [0.2, 0.25) is 0 Å². The standard InChI is InChI=1S/C31H40O6/c1-6-12-28(32)36-22(8-3)19-34-30-24-14-10-11-15-25(24)31(27-18-21(5)16-17-26(27)30)35-20-23(9-4)37-29(33)13-7-2/h10-11,14-18,22-23H,6-9,12-13,19-20H2,1-5H3. The van der Waals surface area contributed by atoms with Crippen LogP contribution in [0, 0.1) is 6.92 Å². The van der Waals surface area contributed by atoms with Crippen molar-refractivity contribution < 1.29 is 28.5 Å². The average Bonchev–Trinajstić information content (AvgIpc) is 2.89. The molecule has 0 bridgehead atoms. The molecule has 0 aliphatic heterocycles. The van der Waals surface area contributed by atoms with E-state index < -0.39 is 0 Å². The second kappa shape index (κ2) is 13.9. The third-order valence-electron chi connectivity index (χ3n) is 6.32. The largest absolute Gasteiger partial charge is 0.488 e. The first-order valence-corrected chi connectivity index (χ1v) is 13.5. The maximum atomic E-state index is 12.1. The Labute approximate surface area is 220 Å². The van der Waals surface area contributed by atoms with Crippen molar-refractivity contribution in [2.75, 3.05) is 13.2 Å². The van der Waals surface area contributed by atoms with Crippen LogP contribution in [0.3, 0.4) is 0 Å². The van der Waals surface area contributed by atoms with Gasteiger partial charge in [0.05, 0.1) is 0 Å². The van der Waals surface area contributed by atoms with Crippen LogP contribution >= 0.6 is 0 Å². The first-order valence-electron chi connectivity index (χ1n) is 13.5. The van der Waals surface area contributed by atoms with Crippen LogP contribution in [0.15, 0.2) is 42.5 Å². The lowest BCUT2D eigenvalue weighted by Crippen LogP contribution is -2.25. The molecule has 0 saturated carbocycles. The van der Waals surface area contributed by atoms with E-state index in [0.717, 1.165) is 51.4 Å². The Balaban J connectivity index is 1.97. The van der Waals surface area contributed by atoms with Gasteiger partial charge < -0.3 is 18.9 Å². The zero-order valence-corrected chi connectivity index (χ0v) is 22.8. The van der Waals surface area contributed by atoms with Crippen LogP contribution in [0.2, 0.25) is 0 Å². The van der Waals surface area contributed by atoms with E-state index in [4.69, 9.17) is 18.9 Å². The molecule has 6 heteroatoms. The molecule has 0 fully saturated rings. The normalized spacial score (nSPS) is 12.8. The van der Waals surface area contributed by atoms with Crippen molar-refractivity contribution in [3.8, 4) is 11.5 Å². The van der Waals surface area contributed by atoms with Crippen molar-refractivity contribution in [3.63, 3.8) is 0 Å². The summed E-state index contributed by atoms with van der Waals surface area (Å²) in [6.07, 6.45) is 3.00. The fraction of sp³-hybridized carbons (Fsp3) is 0.484. The number of hydrogen-bond acceptors (Lipinski definition) is 6. The molecule has 3 aromatic carbocycles. The molecular formula is C31H40O6. The van der Waals surface area contributed by atoms with E-state index in [1.165, 1.54) is 0 Å². The van der Waals surface area contributed by atoms with Crippen LogP contribution < -0.4 is 9.47 Å². The maximum Gasteiger partial charge on any atom is 0.306 e. The average molecular weight is 509 g/mol. The fourth-order valence-electron chi connectivity index (χ4n) is 4.25. The van der Waals surface area contributed by atoms with Crippen LogP contribution in [0.5, 0.6) is 11.5 Å². The number of esters is 2. The minimum atomic E-state index is -0.322. The summed E-state index contributed by atoms with van der Waals surface area (Å²) in [7, 11) is 0. The van der Waals surface area contributed by atoms with Crippen molar-refractivity contribution in [2.45, 2.75) is 85.4 Å². The molecule has 6 nitrogen and oxygen atoms in total. The topological polar surface area (TPSA) is 71.1 Å². The molecule has 0 N–H and O–H groups in total. The van der Waals surface area contributed by atoms with Gasteiger partial charge in [0.15, 0.2) is 0 Å². The van der Waals surface area contributed by atoms with Crippen molar-refractivity contribution in [1.82, 2.24) is 0 Å². The van der Waals surface area contributed by atoms with E-state index in [2.05, 4.69) is 6.07 Å². The molecule has 0 spiro atoms. The minimum absolute atomic E-state index is 0.197. The monoisotopic (exact) mass is 508 g/mol. The van der Waals surface area contributed by atoms with Crippen molar-refractivity contribution in [2.24, 2.45) is 0 Å². The van der Waals surface area contributed by atoms with Gasteiger partial charge in [-0.3, -0.25) is 9.59 Å². The van der Waals surface area contributed by atoms with E-state index in [1.807, 2.05) is 71.0 Å². The summed E-state index contributed by atoms with van der Waals surface area (Å²) in [6, 6.07) is 14.2. The van der Waals surface area contributed by atoms with Gasteiger partial charge in [-0.15, -0.1) is 0 Å². The molecule has 3 aromatic rings. The highest BCUT2D eigenvalue weighted by Gasteiger charge is 2.20. The highest BCUT2D eigenvalue weighted by molar-refractivity contribution is 6.11. The van der Waals surface area contributed by atoms with E-state index in [-0.39, 0.29) is 37.4 Å². The summed E-state index contributed by atoms with van der Waals surface area (Å²) in [5.74, 6) is 1.09. The number of rotatable bonds is 14. The van der Waals surface area contributed by atoms with Crippen molar-refractivity contribution in [3.05, 3.63) is 48.0 Å². The summed E-state index contributed by atoms with van der Waals surface area (Å²) in [6.45, 7) is 10.5. The maximum absolute atomic E-state index is 12.1. The summed E-state index contributed by atoms with van der Waals surface area (Å²) >= 11 is 0. The minimum Gasteiger partial charge on any atom is -0.488 e. The lowest BCUT2D eigenvalue weighted by Gasteiger charge is -2.22. The molecular weight excluding hydrogens is 468 g/mol. The molecule has 2 atom stereocenters. The Hall–Kier alpha value is -3.28. The Morgan fingerprint density at radius 3 is 1.59 bits per heavy atom. The lowest BCUT2D eigenvalue weighted by atomic mass is 9.99. The molecule has 0 radical (unpaired) electrons. The summed E-state index contributed by atoms with van der Waals surface area (Å²) in [5, 5.41) is 3.69. The number of fused-ring (bicyclic) bond motifs is 2. The Kier molecular flexibility index (Phi) is 10.6. The number of hydrogen-bond donors (Lipinski definition) is 0. The van der Waals surface area contributed by atoms with Gasteiger partial charge in [-0.05, 0) is 38.7 Å². The fourth-order valence-corrected chi connectivity index (χ4v) is 4.25. The molecule has 0 aromatic heterocycles.